The van der Waals surface area contributed by atoms with Crippen LogP contribution in [-0.4, -0.2) is 71.4 Å². The zero-order valence-electron chi connectivity index (χ0n) is 26.0. The Morgan fingerprint density at radius 2 is 1.40 bits per heavy atom. The number of amides is 1. The molecule has 12 nitrogen and oxygen atoms in total. The Hall–Kier alpha value is -5.01. The summed E-state index contributed by atoms with van der Waals surface area (Å²) in [6, 6.07) is 22.4. The monoisotopic (exact) mass is 660 g/mol. The van der Waals surface area contributed by atoms with Gasteiger partial charge in [-0.25, -0.2) is 4.99 Å². The van der Waals surface area contributed by atoms with Crippen molar-refractivity contribution in [3.05, 3.63) is 84.1 Å². The number of ether oxygens (including phenoxy) is 5. The molecule has 3 aromatic rings. The highest BCUT2D eigenvalue weighted by Gasteiger charge is 2.53. The average molecular weight is 661 g/mol. The van der Waals surface area contributed by atoms with Crippen molar-refractivity contribution in [2.24, 2.45) is 4.99 Å². The van der Waals surface area contributed by atoms with Crippen LogP contribution in [-0.2, 0) is 47.7 Å². The van der Waals surface area contributed by atoms with Crippen molar-refractivity contribution in [2.75, 3.05) is 11.5 Å². The summed E-state index contributed by atoms with van der Waals surface area (Å²) in [5.41, 5.74) is 0.226. The second-order valence-corrected chi connectivity index (χ2v) is 11.8. The minimum absolute atomic E-state index is 0.136. The predicted octanol–water partition coefficient (Wildman–Crippen LogP) is 4.40. The molecule has 0 spiro atoms. The third kappa shape index (κ3) is 8.05. The van der Waals surface area contributed by atoms with Gasteiger partial charge in [0.15, 0.2) is 28.9 Å². The van der Waals surface area contributed by atoms with Gasteiger partial charge in [0, 0.05) is 27.7 Å². The van der Waals surface area contributed by atoms with Gasteiger partial charge in [-0.05, 0) is 40.6 Å². The number of thioether (sulfide) groups is 1. The van der Waals surface area contributed by atoms with Gasteiger partial charge in [-0.15, -0.1) is 0 Å². The number of esters is 4. The first-order chi connectivity index (χ1) is 22.5. The summed E-state index contributed by atoms with van der Waals surface area (Å²) in [7, 11) is 0. The number of carbonyl (C=O) groups excluding carboxylic acids is 5. The third-order valence-electron chi connectivity index (χ3n) is 7.09. The lowest BCUT2D eigenvalue weighted by molar-refractivity contribution is -0.237. The lowest BCUT2D eigenvalue weighted by Crippen LogP contribution is -2.61. The van der Waals surface area contributed by atoms with Crippen molar-refractivity contribution < 1.29 is 47.7 Å². The Kier molecular flexibility index (Phi) is 10.4. The maximum absolute atomic E-state index is 13.9. The van der Waals surface area contributed by atoms with E-state index in [1.165, 1.54) is 11.8 Å². The van der Waals surface area contributed by atoms with Crippen LogP contribution < -0.4 is 4.90 Å². The number of fused-ring (bicyclic) bond motifs is 1. The summed E-state index contributed by atoms with van der Waals surface area (Å²) in [6.07, 6.45) is -3.47. The van der Waals surface area contributed by atoms with Crippen LogP contribution in [0.15, 0.2) is 83.5 Å². The maximum Gasteiger partial charge on any atom is 0.303 e. The molecule has 0 aliphatic carbocycles. The molecule has 1 amide bonds. The standard InChI is InChI=1S/C34H32N2O10S/c1-19(37)42-18-28-29(43-20(2)38)30(44-21(3)39)31(45-22(4)40)33(46-28)47-34-35-27(32(41)36(34)26-12-6-5-7-13-26)17-23-14-15-24-10-8-9-11-25(24)16-23/h5-17,28-31,33H,18H2,1-4H3/b27-17-/t28-,29-,30+,31-,33+/m1/s1. The molecule has 0 aromatic heterocycles. The quantitative estimate of drug-likeness (QED) is 0.192. The Balaban J connectivity index is 1.57. The van der Waals surface area contributed by atoms with Crippen LogP contribution >= 0.6 is 11.8 Å². The SMILES string of the molecule is CC(=O)OC[C@H]1O[C@@H](SC2=N/C(=C\c3ccc4ccccc4c3)C(=O)N2c2ccccc2)[C@H](OC(C)=O)[C@@H](OC(C)=O)[C@@H]1OC(C)=O. The van der Waals surface area contributed by atoms with Crippen molar-refractivity contribution in [2.45, 2.75) is 57.5 Å². The Morgan fingerprint density at radius 1 is 0.787 bits per heavy atom. The highest BCUT2D eigenvalue weighted by molar-refractivity contribution is 8.14. The van der Waals surface area contributed by atoms with Crippen LogP contribution in [0, 0.1) is 0 Å². The van der Waals surface area contributed by atoms with Crippen LogP contribution in [0.4, 0.5) is 5.69 Å². The molecule has 0 saturated carbocycles. The van der Waals surface area contributed by atoms with Gasteiger partial charge < -0.3 is 23.7 Å². The lowest BCUT2D eigenvalue weighted by atomic mass is 9.99. The number of hydrogen-bond acceptors (Lipinski definition) is 12. The molecule has 1 fully saturated rings. The van der Waals surface area contributed by atoms with Gasteiger partial charge >= 0.3 is 23.9 Å². The Labute approximate surface area is 274 Å². The van der Waals surface area contributed by atoms with E-state index < -0.39 is 59.6 Å². The molecule has 0 radical (unpaired) electrons. The summed E-state index contributed by atoms with van der Waals surface area (Å²) in [4.78, 5) is 68.4. The Morgan fingerprint density at radius 3 is 2.06 bits per heavy atom. The van der Waals surface area contributed by atoms with Gasteiger partial charge in [0.05, 0.1) is 5.69 Å². The fraction of sp³-hybridized carbons (Fsp3) is 0.294. The normalized spacial score (nSPS) is 23.3. The molecule has 2 heterocycles. The minimum Gasteiger partial charge on any atom is -0.463 e. The summed E-state index contributed by atoms with van der Waals surface area (Å²) in [5, 5.41) is 2.21. The number of aliphatic imine (C=N–C) groups is 1. The van der Waals surface area contributed by atoms with Gasteiger partial charge in [0.25, 0.3) is 5.91 Å². The second-order valence-electron chi connectivity index (χ2n) is 10.7. The average Bonchev–Trinajstić information content (AvgIpc) is 3.32. The van der Waals surface area contributed by atoms with Crippen LogP contribution in [0.5, 0.6) is 0 Å². The summed E-state index contributed by atoms with van der Waals surface area (Å²) >= 11 is 0.934. The van der Waals surface area contributed by atoms with E-state index in [0.717, 1.165) is 48.9 Å². The summed E-state index contributed by atoms with van der Waals surface area (Å²) < 4.78 is 28.1. The van der Waals surface area contributed by atoms with E-state index >= 15 is 0 Å². The van der Waals surface area contributed by atoms with E-state index in [4.69, 9.17) is 23.7 Å². The second kappa shape index (κ2) is 14.6. The fourth-order valence-corrected chi connectivity index (χ4v) is 6.42. The van der Waals surface area contributed by atoms with E-state index in [2.05, 4.69) is 4.99 Å². The molecule has 0 unspecified atom stereocenters. The number of nitrogens with zero attached hydrogens (tertiary/aromatic N) is 2. The molecule has 2 aliphatic rings. The molecule has 47 heavy (non-hydrogen) atoms. The maximum atomic E-state index is 13.9. The van der Waals surface area contributed by atoms with Crippen LogP contribution in [0.3, 0.4) is 0 Å². The first-order valence-electron chi connectivity index (χ1n) is 14.7. The van der Waals surface area contributed by atoms with E-state index in [0.29, 0.717) is 5.69 Å². The molecule has 0 N–H and O–H groups in total. The van der Waals surface area contributed by atoms with Gasteiger partial charge in [0.1, 0.15) is 18.4 Å². The van der Waals surface area contributed by atoms with Crippen molar-refractivity contribution in [1.29, 1.82) is 0 Å². The molecule has 5 atom stereocenters. The van der Waals surface area contributed by atoms with Gasteiger partial charge in [-0.1, -0.05) is 66.4 Å². The van der Waals surface area contributed by atoms with Crippen LogP contribution in [0.1, 0.15) is 33.3 Å². The lowest BCUT2D eigenvalue weighted by Gasteiger charge is -2.44. The van der Waals surface area contributed by atoms with Crippen LogP contribution in [0.2, 0.25) is 0 Å². The fourth-order valence-electron chi connectivity index (χ4n) is 5.22. The molecule has 5 rings (SSSR count). The predicted molar refractivity (Wildman–Crippen MR) is 173 cm³/mol. The first-order valence-corrected chi connectivity index (χ1v) is 15.5. The Bertz CT molecular complexity index is 1760. The molecule has 1 saturated heterocycles. The van der Waals surface area contributed by atoms with Gasteiger partial charge in [0.2, 0.25) is 0 Å². The summed E-state index contributed by atoms with van der Waals surface area (Å²) in [5.74, 6) is -3.27. The number of benzene rings is 3. The number of hydrogen-bond donors (Lipinski definition) is 0. The highest BCUT2D eigenvalue weighted by Crippen LogP contribution is 2.38. The zero-order chi connectivity index (χ0) is 33.7. The number of para-hydroxylation sites is 1. The topological polar surface area (TPSA) is 147 Å². The third-order valence-corrected chi connectivity index (χ3v) is 8.19. The molecule has 13 heteroatoms. The minimum atomic E-state index is -1.36. The van der Waals surface area contributed by atoms with Gasteiger partial charge in [-0.2, -0.15) is 0 Å². The largest absolute Gasteiger partial charge is 0.463 e. The molecular formula is C34H32N2O10S. The number of carbonyl (C=O) groups is 5. The first kappa shape index (κ1) is 33.4. The van der Waals surface area contributed by atoms with E-state index in [-0.39, 0.29) is 17.5 Å². The number of amidine groups is 1. The molecule has 244 valence electrons. The van der Waals surface area contributed by atoms with Crippen LogP contribution in [0.25, 0.3) is 16.8 Å². The number of anilines is 1. The smallest absolute Gasteiger partial charge is 0.303 e. The molecule has 0 bridgehead atoms. The van der Waals surface area contributed by atoms with Crippen molar-refractivity contribution in [1.82, 2.24) is 0 Å². The molecule has 2 aliphatic heterocycles. The van der Waals surface area contributed by atoms with Gasteiger partial charge in [-0.3, -0.25) is 28.9 Å². The zero-order valence-corrected chi connectivity index (χ0v) is 26.8. The molecule has 3 aromatic carbocycles. The number of rotatable bonds is 8. The van der Waals surface area contributed by atoms with E-state index in [1.54, 1.807) is 36.4 Å². The van der Waals surface area contributed by atoms with E-state index in [9.17, 15) is 24.0 Å². The van der Waals surface area contributed by atoms with Crippen molar-refractivity contribution in [3.8, 4) is 0 Å². The highest BCUT2D eigenvalue weighted by atomic mass is 32.2. The summed E-state index contributed by atoms with van der Waals surface area (Å²) in [6.45, 7) is 4.27. The van der Waals surface area contributed by atoms with Crippen molar-refractivity contribution in [3.63, 3.8) is 0 Å². The molecular weight excluding hydrogens is 628 g/mol. The van der Waals surface area contributed by atoms with Crippen molar-refractivity contribution >= 4 is 69.2 Å². The van der Waals surface area contributed by atoms with E-state index in [1.807, 2.05) is 42.5 Å².